The minimum absolute atomic E-state index is 0.610. The maximum atomic E-state index is 5.56. The van der Waals surface area contributed by atoms with Crippen molar-refractivity contribution in [3.8, 4) is 11.5 Å². The maximum Gasteiger partial charge on any atom is 0.162 e. The molecule has 0 aliphatic rings. The summed E-state index contributed by atoms with van der Waals surface area (Å²) in [6, 6.07) is 12.0. The molecular weight excluding hydrogens is 398 g/mol. The zero-order valence-corrected chi connectivity index (χ0v) is 15.1. The number of ether oxygens (including phenoxy) is 2. The van der Waals surface area contributed by atoms with Gasteiger partial charge in [-0.15, -0.1) is 0 Å². The molecule has 0 amide bonds. The Morgan fingerprint density at radius 1 is 1.05 bits per heavy atom. The molecule has 0 spiro atoms. The molecule has 2 aromatic carbocycles. The summed E-state index contributed by atoms with van der Waals surface area (Å²) in [6.45, 7) is 3.26. The summed E-state index contributed by atoms with van der Waals surface area (Å²) in [7, 11) is 1.65. The van der Waals surface area contributed by atoms with Crippen LogP contribution in [0, 0.1) is 0 Å². The lowest BCUT2D eigenvalue weighted by atomic mass is 10.2. The minimum atomic E-state index is 0.610. The van der Waals surface area contributed by atoms with E-state index in [4.69, 9.17) is 9.47 Å². The van der Waals surface area contributed by atoms with Crippen molar-refractivity contribution in [2.24, 2.45) is 0 Å². The minimum Gasteiger partial charge on any atom is -0.493 e. The number of halogens is 2. The van der Waals surface area contributed by atoms with Crippen molar-refractivity contribution in [2.45, 2.75) is 13.5 Å². The van der Waals surface area contributed by atoms with E-state index in [0.29, 0.717) is 13.2 Å². The monoisotopic (exact) mass is 413 g/mol. The van der Waals surface area contributed by atoms with E-state index >= 15 is 0 Å². The van der Waals surface area contributed by atoms with E-state index in [-0.39, 0.29) is 0 Å². The van der Waals surface area contributed by atoms with Crippen LogP contribution in [0.3, 0.4) is 0 Å². The van der Waals surface area contributed by atoms with Crippen LogP contribution in [0.4, 0.5) is 5.69 Å². The maximum absolute atomic E-state index is 5.56. The van der Waals surface area contributed by atoms with Gasteiger partial charge in [0.05, 0.1) is 13.7 Å². The fraction of sp³-hybridized carbons (Fsp3) is 0.250. The van der Waals surface area contributed by atoms with E-state index in [2.05, 4.69) is 37.2 Å². The lowest BCUT2D eigenvalue weighted by Crippen LogP contribution is -2.02. The number of hydrogen-bond donors (Lipinski definition) is 1. The summed E-state index contributed by atoms with van der Waals surface area (Å²) in [5, 5.41) is 3.38. The molecule has 112 valence electrons. The van der Waals surface area contributed by atoms with Crippen molar-refractivity contribution < 1.29 is 9.47 Å². The first-order valence-corrected chi connectivity index (χ1v) is 8.21. The van der Waals surface area contributed by atoms with Crippen LogP contribution in [-0.4, -0.2) is 13.7 Å². The zero-order valence-electron chi connectivity index (χ0n) is 12.0. The highest BCUT2D eigenvalue weighted by molar-refractivity contribution is 9.10. The molecule has 5 heteroatoms. The summed E-state index contributed by atoms with van der Waals surface area (Å²) >= 11 is 7.01. The molecule has 0 radical (unpaired) electrons. The Labute approximate surface area is 141 Å². The second-order valence-corrected chi connectivity index (χ2v) is 6.16. The third kappa shape index (κ3) is 4.38. The van der Waals surface area contributed by atoms with Gasteiger partial charge in [0.25, 0.3) is 0 Å². The van der Waals surface area contributed by atoms with E-state index < -0.39 is 0 Å². The first kappa shape index (κ1) is 16.2. The van der Waals surface area contributed by atoms with Crippen LogP contribution in [0.2, 0.25) is 0 Å². The summed E-state index contributed by atoms with van der Waals surface area (Å²) in [5.41, 5.74) is 2.18. The zero-order chi connectivity index (χ0) is 15.2. The Morgan fingerprint density at radius 2 is 1.76 bits per heavy atom. The average Bonchev–Trinajstić information content (AvgIpc) is 2.48. The Kier molecular flexibility index (Phi) is 5.94. The van der Waals surface area contributed by atoms with Gasteiger partial charge in [-0.2, -0.15) is 0 Å². The van der Waals surface area contributed by atoms with Crippen LogP contribution in [0.5, 0.6) is 11.5 Å². The van der Waals surface area contributed by atoms with Gasteiger partial charge in [0.2, 0.25) is 0 Å². The van der Waals surface area contributed by atoms with Gasteiger partial charge < -0.3 is 14.8 Å². The van der Waals surface area contributed by atoms with Crippen molar-refractivity contribution >= 4 is 37.5 Å². The highest BCUT2D eigenvalue weighted by Gasteiger charge is 2.10. The Balaban J connectivity index is 2.14. The standard InChI is InChI=1S/C16H17Br2NO2/c1-3-21-16-9-14(18)11(8-15(16)20-2)10-19-13-6-4-12(17)5-7-13/h4-9,19H,3,10H2,1-2H3. The van der Waals surface area contributed by atoms with Gasteiger partial charge in [-0.1, -0.05) is 31.9 Å². The average molecular weight is 415 g/mol. The molecule has 3 nitrogen and oxygen atoms in total. The van der Waals surface area contributed by atoms with Gasteiger partial charge in [0.15, 0.2) is 11.5 Å². The number of methoxy groups -OCH3 is 1. The van der Waals surface area contributed by atoms with Crippen molar-refractivity contribution in [2.75, 3.05) is 19.0 Å². The van der Waals surface area contributed by atoms with E-state index in [9.17, 15) is 0 Å². The van der Waals surface area contributed by atoms with Crippen LogP contribution in [0.25, 0.3) is 0 Å². The van der Waals surface area contributed by atoms with E-state index in [0.717, 1.165) is 31.7 Å². The molecule has 0 fully saturated rings. The summed E-state index contributed by atoms with van der Waals surface area (Å²) in [4.78, 5) is 0. The summed E-state index contributed by atoms with van der Waals surface area (Å²) in [6.07, 6.45) is 0. The van der Waals surface area contributed by atoms with Crippen molar-refractivity contribution in [3.63, 3.8) is 0 Å². The summed E-state index contributed by atoms with van der Waals surface area (Å²) in [5.74, 6) is 1.49. The lowest BCUT2D eigenvalue weighted by molar-refractivity contribution is 0.310. The lowest BCUT2D eigenvalue weighted by Gasteiger charge is -2.14. The van der Waals surface area contributed by atoms with E-state index in [1.807, 2.05) is 43.3 Å². The molecule has 2 rings (SSSR count). The second-order valence-electron chi connectivity index (χ2n) is 4.39. The molecule has 0 saturated carbocycles. The van der Waals surface area contributed by atoms with Gasteiger partial charge in [0.1, 0.15) is 0 Å². The van der Waals surface area contributed by atoms with Crippen LogP contribution in [0.15, 0.2) is 45.3 Å². The van der Waals surface area contributed by atoms with Gasteiger partial charge >= 0.3 is 0 Å². The number of nitrogens with one attached hydrogen (secondary N) is 1. The highest BCUT2D eigenvalue weighted by Crippen LogP contribution is 2.34. The number of rotatable bonds is 6. The van der Waals surface area contributed by atoms with Crippen molar-refractivity contribution in [1.82, 2.24) is 0 Å². The van der Waals surface area contributed by atoms with E-state index in [1.165, 1.54) is 0 Å². The molecule has 0 saturated heterocycles. The smallest absolute Gasteiger partial charge is 0.162 e. The molecular formula is C16H17Br2NO2. The first-order valence-electron chi connectivity index (χ1n) is 6.62. The van der Waals surface area contributed by atoms with Gasteiger partial charge in [-0.05, 0) is 48.9 Å². The first-order chi connectivity index (χ1) is 10.1. The van der Waals surface area contributed by atoms with Crippen LogP contribution < -0.4 is 14.8 Å². The SMILES string of the molecule is CCOc1cc(Br)c(CNc2ccc(Br)cc2)cc1OC. The molecule has 0 unspecified atom stereocenters. The van der Waals surface area contributed by atoms with Crippen molar-refractivity contribution in [1.29, 1.82) is 0 Å². The van der Waals surface area contributed by atoms with Crippen LogP contribution in [0.1, 0.15) is 12.5 Å². The number of anilines is 1. The molecule has 0 aliphatic carbocycles. The second kappa shape index (κ2) is 7.71. The molecule has 0 aliphatic heterocycles. The van der Waals surface area contributed by atoms with E-state index in [1.54, 1.807) is 7.11 Å². The van der Waals surface area contributed by atoms with Gasteiger partial charge in [0, 0.05) is 21.2 Å². The Hall–Kier alpha value is -1.20. The summed E-state index contributed by atoms with van der Waals surface area (Å²) < 4.78 is 13.0. The topological polar surface area (TPSA) is 30.5 Å². The molecule has 2 aromatic rings. The highest BCUT2D eigenvalue weighted by atomic mass is 79.9. The van der Waals surface area contributed by atoms with Gasteiger partial charge in [-0.25, -0.2) is 0 Å². The molecule has 21 heavy (non-hydrogen) atoms. The number of hydrogen-bond acceptors (Lipinski definition) is 3. The Morgan fingerprint density at radius 3 is 2.38 bits per heavy atom. The molecule has 0 atom stereocenters. The fourth-order valence-electron chi connectivity index (χ4n) is 1.91. The van der Waals surface area contributed by atoms with Crippen LogP contribution in [-0.2, 0) is 6.54 Å². The fourth-order valence-corrected chi connectivity index (χ4v) is 2.63. The Bertz CT molecular complexity index is 600. The van der Waals surface area contributed by atoms with Crippen LogP contribution >= 0.6 is 31.9 Å². The quantitative estimate of drug-likeness (QED) is 0.701. The predicted octanol–water partition coefficient (Wildman–Crippen LogP) is 5.23. The predicted molar refractivity (Wildman–Crippen MR) is 93.3 cm³/mol. The van der Waals surface area contributed by atoms with Gasteiger partial charge in [-0.3, -0.25) is 0 Å². The molecule has 1 N–H and O–H groups in total. The number of benzene rings is 2. The van der Waals surface area contributed by atoms with Crippen molar-refractivity contribution in [3.05, 3.63) is 50.9 Å². The normalized spacial score (nSPS) is 10.3. The third-order valence-electron chi connectivity index (χ3n) is 2.96. The largest absolute Gasteiger partial charge is 0.493 e. The molecule has 0 heterocycles. The molecule has 0 aromatic heterocycles. The third-order valence-corrected chi connectivity index (χ3v) is 4.23. The molecule has 0 bridgehead atoms.